The molecule has 44 heavy (non-hydrogen) atoms. The predicted molar refractivity (Wildman–Crippen MR) is 167 cm³/mol. The molecule has 0 bridgehead atoms. The van der Waals surface area contributed by atoms with Crippen molar-refractivity contribution in [3.63, 3.8) is 0 Å². The lowest BCUT2D eigenvalue weighted by molar-refractivity contribution is -1.03. The number of fused-ring (bicyclic) bond motifs is 1. The minimum Gasteiger partial charge on any atom is -0.379 e. The number of benzene rings is 3. The van der Waals surface area contributed by atoms with Crippen LogP contribution in [0.5, 0.6) is 5.75 Å². The first-order chi connectivity index (χ1) is 21.2. The molecule has 230 valence electrons. The van der Waals surface area contributed by atoms with Crippen molar-refractivity contribution in [3.05, 3.63) is 87.4 Å². The Morgan fingerprint density at radius 1 is 1.00 bits per heavy atom. The van der Waals surface area contributed by atoms with Crippen LogP contribution in [0.3, 0.4) is 0 Å². The average Bonchev–Trinajstić information content (AvgIpc) is 3.87. The van der Waals surface area contributed by atoms with Crippen LogP contribution in [0.4, 0.5) is 0 Å². The summed E-state index contributed by atoms with van der Waals surface area (Å²) >= 11 is 12.4. The molecule has 3 aliphatic rings. The number of halogens is 2. The van der Waals surface area contributed by atoms with Crippen LogP contribution in [0, 0.1) is 0 Å². The summed E-state index contributed by atoms with van der Waals surface area (Å²) in [6.07, 6.45) is 2.81. The van der Waals surface area contributed by atoms with Crippen molar-refractivity contribution in [2.75, 3.05) is 39.9 Å². The summed E-state index contributed by atoms with van der Waals surface area (Å²) in [5.41, 5.74) is 6.76. The highest BCUT2D eigenvalue weighted by Gasteiger charge is 2.41. The molecule has 3 amide bonds. The minimum absolute atomic E-state index is 0.0287. The monoisotopic (exact) mass is 637 g/mol. The van der Waals surface area contributed by atoms with E-state index in [4.69, 9.17) is 32.8 Å². The molecule has 2 fully saturated rings. The maximum Gasteiger partial charge on any atom is 0.268 e. The fourth-order valence-corrected chi connectivity index (χ4v) is 6.19. The number of quaternary nitrogens is 1. The summed E-state index contributed by atoms with van der Waals surface area (Å²) in [6.45, 7) is 3.06. The topological polar surface area (TPSA) is 97.0 Å². The van der Waals surface area contributed by atoms with Gasteiger partial charge in [0, 0.05) is 36.1 Å². The number of hydrogen-bond donors (Lipinski definition) is 2. The van der Waals surface area contributed by atoms with Crippen LogP contribution in [0.15, 0.2) is 60.7 Å². The van der Waals surface area contributed by atoms with E-state index in [0.717, 1.165) is 36.0 Å². The number of carbonyl (C=O) groups excluding carboxylic acids is 3. The number of amides is 3. The first-order valence-corrected chi connectivity index (χ1v) is 15.6. The van der Waals surface area contributed by atoms with E-state index in [2.05, 4.69) is 35.1 Å². The Morgan fingerprint density at radius 3 is 2.45 bits per heavy atom. The Labute approximate surface area is 266 Å². The Morgan fingerprint density at radius 2 is 1.73 bits per heavy atom. The molecular formula is C33H35Cl2N4O5+. The summed E-state index contributed by atoms with van der Waals surface area (Å²) in [5.74, 6) is -0.965. The molecule has 1 saturated carbocycles. The Bertz CT molecular complexity index is 1570. The van der Waals surface area contributed by atoms with Crippen molar-refractivity contribution in [1.29, 1.82) is 0 Å². The number of hydroxylamine groups is 1. The first-order valence-electron chi connectivity index (χ1n) is 14.9. The van der Waals surface area contributed by atoms with E-state index in [1.54, 1.807) is 24.2 Å². The molecule has 6 rings (SSSR count). The fraction of sp³-hybridized carbons (Fsp3) is 0.364. The zero-order chi connectivity index (χ0) is 30.8. The molecule has 0 spiro atoms. The van der Waals surface area contributed by atoms with Gasteiger partial charge in [0.2, 0.25) is 0 Å². The second-order valence-electron chi connectivity index (χ2n) is 11.7. The van der Waals surface area contributed by atoms with Gasteiger partial charge in [-0.05, 0) is 47.7 Å². The Kier molecular flexibility index (Phi) is 8.82. The lowest BCUT2D eigenvalue weighted by atomic mass is 9.92. The largest absolute Gasteiger partial charge is 0.379 e. The van der Waals surface area contributed by atoms with Crippen molar-refractivity contribution in [2.24, 2.45) is 0 Å². The third kappa shape index (κ3) is 6.56. The lowest BCUT2D eigenvalue weighted by Gasteiger charge is -2.46. The second-order valence-corrected chi connectivity index (χ2v) is 12.5. The molecule has 1 aliphatic carbocycles. The molecule has 3 aromatic rings. The van der Waals surface area contributed by atoms with Crippen molar-refractivity contribution in [1.82, 2.24) is 15.8 Å². The molecule has 2 aliphatic heterocycles. The molecule has 3 aromatic carbocycles. The second kappa shape index (κ2) is 12.8. The van der Waals surface area contributed by atoms with Gasteiger partial charge in [-0.25, -0.2) is 4.59 Å². The summed E-state index contributed by atoms with van der Waals surface area (Å²) in [6, 6.07) is 19.5. The highest BCUT2D eigenvalue weighted by Crippen LogP contribution is 2.38. The fourth-order valence-electron chi connectivity index (χ4n) is 5.86. The van der Waals surface area contributed by atoms with Crippen LogP contribution in [-0.4, -0.2) is 73.3 Å². The van der Waals surface area contributed by atoms with E-state index >= 15 is 0 Å². The van der Waals surface area contributed by atoms with Crippen LogP contribution in [-0.2, 0) is 20.7 Å². The lowest BCUT2D eigenvalue weighted by Crippen LogP contribution is -2.66. The van der Waals surface area contributed by atoms with E-state index in [0.29, 0.717) is 70.4 Å². The highest BCUT2D eigenvalue weighted by atomic mass is 35.5. The SMILES string of the molecule is CN(C(=O)CC1C(=O)NOc2cc(Cl)c(Cl)cc21)[N+]1(CCc2ccc(-c3cccc(C(=O)NC4CC4)c3)cc2)CCOCC1. The van der Waals surface area contributed by atoms with Gasteiger partial charge in [-0.1, -0.05) is 59.6 Å². The molecule has 2 N–H and O–H groups in total. The maximum absolute atomic E-state index is 13.7. The third-order valence-corrected chi connectivity index (χ3v) is 9.55. The number of hydrogen-bond acceptors (Lipinski definition) is 5. The predicted octanol–water partition coefficient (Wildman–Crippen LogP) is 4.91. The number of nitrogens with one attached hydrogen (secondary N) is 2. The Balaban J connectivity index is 1.14. The van der Waals surface area contributed by atoms with Crippen molar-refractivity contribution in [3.8, 4) is 16.9 Å². The van der Waals surface area contributed by atoms with E-state index in [-0.39, 0.29) is 18.2 Å². The van der Waals surface area contributed by atoms with Gasteiger partial charge in [0.25, 0.3) is 17.7 Å². The van der Waals surface area contributed by atoms with Gasteiger partial charge in [-0.15, -0.1) is 0 Å². The van der Waals surface area contributed by atoms with Gasteiger partial charge in [-0.2, -0.15) is 10.5 Å². The van der Waals surface area contributed by atoms with Gasteiger partial charge in [0.05, 0.1) is 36.2 Å². The summed E-state index contributed by atoms with van der Waals surface area (Å²) < 4.78 is 6.10. The van der Waals surface area contributed by atoms with E-state index in [9.17, 15) is 14.4 Å². The van der Waals surface area contributed by atoms with Crippen LogP contribution in [0.1, 0.15) is 46.7 Å². The molecule has 11 heteroatoms. The van der Waals surface area contributed by atoms with Gasteiger partial charge in [0.1, 0.15) is 19.6 Å². The minimum atomic E-state index is -0.754. The summed E-state index contributed by atoms with van der Waals surface area (Å²) in [5, 5.41) is 5.41. The van der Waals surface area contributed by atoms with Gasteiger partial charge < -0.3 is 14.9 Å². The smallest absolute Gasteiger partial charge is 0.268 e. The van der Waals surface area contributed by atoms with Crippen LogP contribution >= 0.6 is 23.2 Å². The molecule has 9 nitrogen and oxygen atoms in total. The van der Waals surface area contributed by atoms with E-state index in [1.807, 2.05) is 24.3 Å². The van der Waals surface area contributed by atoms with Gasteiger partial charge >= 0.3 is 0 Å². The van der Waals surface area contributed by atoms with Crippen molar-refractivity contribution < 1.29 is 28.6 Å². The number of carbonyl (C=O) groups is 3. The standard InChI is InChI=1S/C33H34Cl2N4O5/c1-38(31(40)19-27-26-18-28(34)29(35)20-30(26)44-37-33(27)42)39(13-15-43-16-14-39)12-11-21-5-7-22(8-6-21)23-3-2-4-24(17-23)32(41)36-25-9-10-25/h2-8,17-18,20,25,27H,9-16,19H2,1H3,(H-,36,37,41,42)/p+1. The molecule has 1 unspecified atom stereocenters. The Hall–Kier alpha value is -3.63. The van der Waals surface area contributed by atoms with Gasteiger partial charge in [-0.3, -0.25) is 14.4 Å². The van der Waals surface area contributed by atoms with Crippen LogP contribution < -0.4 is 15.6 Å². The third-order valence-electron chi connectivity index (χ3n) is 8.83. The van der Waals surface area contributed by atoms with Gasteiger partial charge in [0.15, 0.2) is 5.75 Å². The zero-order valence-electron chi connectivity index (χ0n) is 24.5. The maximum atomic E-state index is 13.7. The number of morpholine rings is 1. The van der Waals surface area contributed by atoms with E-state index in [1.165, 1.54) is 0 Å². The number of nitrogens with zero attached hydrogens (tertiary/aromatic N) is 2. The molecule has 2 heterocycles. The molecule has 0 aromatic heterocycles. The average molecular weight is 639 g/mol. The normalized spacial score (nSPS) is 18.9. The molecule has 1 saturated heterocycles. The molecule has 0 radical (unpaired) electrons. The highest BCUT2D eigenvalue weighted by molar-refractivity contribution is 6.42. The molecule has 1 atom stereocenters. The first kappa shape index (κ1) is 30.4. The van der Waals surface area contributed by atoms with Crippen LogP contribution in [0.2, 0.25) is 10.0 Å². The van der Waals surface area contributed by atoms with E-state index < -0.39 is 11.8 Å². The number of ether oxygens (including phenoxy) is 1. The summed E-state index contributed by atoms with van der Waals surface area (Å²) in [7, 11) is 1.80. The zero-order valence-corrected chi connectivity index (χ0v) is 26.0. The summed E-state index contributed by atoms with van der Waals surface area (Å²) in [4.78, 5) is 44.4. The quantitative estimate of drug-likeness (QED) is 0.325. The number of rotatable bonds is 9. The van der Waals surface area contributed by atoms with Crippen molar-refractivity contribution >= 4 is 40.9 Å². The van der Waals surface area contributed by atoms with Crippen molar-refractivity contribution in [2.45, 2.75) is 37.6 Å². The molecular weight excluding hydrogens is 603 g/mol. The van der Waals surface area contributed by atoms with Crippen LogP contribution in [0.25, 0.3) is 11.1 Å².